The Balaban J connectivity index is 1.72. The third-order valence-corrected chi connectivity index (χ3v) is 3.97. The molecule has 0 bridgehead atoms. The van der Waals surface area contributed by atoms with Crippen molar-refractivity contribution in [3.05, 3.63) is 47.0 Å². The molecule has 1 aromatic carbocycles. The highest BCUT2D eigenvalue weighted by molar-refractivity contribution is 5.94. The van der Waals surface area contributed by atoms with E-state index < -0.39 is 12.6 Å². The third-order valence-electron chi connectivity index (χ3n) is 3.97. The number of ether oxygens (including phenoxy) is 1. The topological polar surface area (TPSA) is 93.4 Å². The van der Waals surface area contributed by atoms with Gasteiger partial charge in [-0.05, 0) is 43.5 Å². The number of aromatic nitrogens is 2. The maximum atomic E-state index is 13.1. The monoisotopic (exact) mass is 347 g/mol. The van der Waals surface area contributed by atoms with Gasteiger partial charge in [0.15, 0.2) is 5.69 Å². The summed E-state index contributed by atoms with van der Waals surface area (Å²) < 4.78 is 19.7. The number of nitrogens with zero attached hydrogens (tertiary/aromatic N) is 2. The van der Waals surface area contributed by atoms with Crippen molar-refractivity contribution in [2.24, 2.45) is 0 Å². The summed E-state index contributed by atoms with van der Waals surface area (Å²) in [5.74, 6) is -1.70. The lowest BCUT2D eigenvalue weighted by Crippen LogP contribution is -2.29. The van der Waals surface area contributed by atoms with E-state index >= 15 is 0 Å². The second-order valence-corrected chi connectivity index (χ2v) is 5.72. The molecule has 2 N–H and O–H groups in total. The smallest absolute Gasteiger partial charge is 0.329 e. The second kappa shape index (κ2) is 7.43. The minimum Gasteiger partial charge on any atom is -0.480 e. The molecule has 1 aliphatic carbocycles. The van der Waals surface area contributed by atoms with Crippen molar-refractivity contribution < 1.29 is 23.8 Å². The zero-order valence-corrected chi connectivity index (χ0v) is 13.5. The van der Waals surface area contributed by atoms with Gasteiger partial charge in [-0.3, -0.25) is 4.79 Å². The van der Waals surface area contributed by atoms with Gasteiger partial charge in [0.05, 0.1) is 12.3 Å². The van der Waals surface area contributed by atoms with E-state index in [1.807, 2.05) is 0 Å². The summed E-state index contributed by atoms with van der Waals surface area (Å²) in [5.41, 5.74) is 2.95. The minimum absolute atomic E-state index is 0.110. The number of rotatable bonds is 7. The molecule has 2 aromatic rings. The van der Waals surface area contributed by atoms with Crippen LogP contribution >= 0.6 is 0 Å². The molecule has 0 spiro atoms. The molecule has 0 unspecified atom stereocenters. The zero-order chi connectivity index (χ0) is 17.8. The highest BCUT2D eigenvalue weighted by Gasteiger charge is 2.26. The molecule has 1 heterocycles. The standard InChI is InChI=1S/C17H18FN3O4/c18-11-4-6-12(7-5-11)21-14-3-1-2-13(14)16(20-21)17(24)19-8-9-25-10-15(22)23/h4-7H,1-3,8-10H2,(H,19,24)(H,22,23). The highest BCUT2D eigenvalue weighted by atomic mass is 19.1. The van der Waals surface area contributed by atoms with E-state index in [4.69, 9.17) is 9.84 Å². The quantitative estimate of drug-likeness (QED) is 0.737. The van der Waals surface area contributed by atoms with Crippen LogP contribution in [0.1, 0.15) is 28.2 Å². The molecule has 1 aromatic heterocycles. The zero-order valence-electron chi connectivity index (χ0n) is 13.5. The number of hydrogen-bond donors (Lipinski definition) is 2. The summed E-state index contributed by atoms with van der Waals surface area (Å²) >= 11 is 0. The van der Waals surface area contributed by atoms with Crippen molar-refractivity contribution >= 4 is 11.9 Å². The van der Waals surface area contributed by atoms with Crippen LogP contribution in [0.3, 0.4) is 0 Å². The molecule has 132 valence electrons. The van der Waals surface area contributed by atoms with E-state index in [2.05, 4.69) is 10.4 Å². The number of carbonyl (C=O) groups is 2. The van der Waals surface area contributed by atoms with Crippen LogP contribution in [-0.4, -0.2) is 46.5 Å². The first-order chi connectivity index (χ1) is 12.1. The van der Waals surface area contributed by atoms with E-state index in [1.54, 1.807) is 16.8 Å². The van der Waals surface area contributed by atoms with Gasteiger partial charge < -0.3 is 15.2 Å². The number of aliphatic carboxylic acids is 1. The molecule has 8 heteroatoms. The van der Waals surface area contributed by atoms with Gasteiger partial charge in [-0.1, -0.05) is 0 Å². The molecule has 0 atom stereocenters. The van der Waals surface area contributed by atoms with E-state index in [9.17, 15) is 14.0 Å². The fourth-order valence-electron chi connectivity index (χ4n) is 2.90. The summed E-state index contributed by atoms with van der Waals surface area (Å²) in [7, 11) is 0. The molecule has 0 radical (unpaired) electrons. The molecule has 0 saturated carbocycles. The molecule has 1 amide bonds. The maximum absolute atomic E-state index is 13.1. The normalized spacial score (nSPS) is 12.8. The van der Waals surface area contributed by atoms with E-state index in [0.29, 0.717) is 11.4 Å². The van der Waals surface area contributed by atoms with Gasteiger partial charge in [-0.25, -0.2) is 13.9 Å². The lowest BCUT2D eigenvalue weighted by atomic mass is 10.2. The SMILES string of the molecule is O=C(O)COCCNC(=O)c1nn(-c2ccc(F)cc2)c2c1CCC2. The maximum Gasteiger partial charge on any atom is 0.329 e. The third kappa shape index (κ3) is 3.85. The molecule has 0 saturated heterocycles. The first-order valence-electron chi connectivity index (χ1n) is 8.00. The van der Waals surface area contributed by atoms with Crippen molar-refractivity contribution in [2.45, 2.75) is 19.3 Å². The number of carboxylic acid groups (broad SMARTS) is 1. The number of fused-ring (bicyclic) bond motifs is 1. The van der Waals surface area contributed by atoms with Crippen molar-refractivity contribution in [2.75, 3.05) is 19.8 Å². The minimum atomic E-state index is -1.05. The summed E-state index contributed by atoms with van der Waals surface area (Å²) in [4.78, 5) is 22.7. The number of nitrogens with one attached hydrogen (secondary N) is 1. The van der Waals surface area contributed by atoms with Crippen LogP contribution in [0.15, 0.2) is 24.3 Å². The number of hydrogen-bond acceptors (Lipinski definition) is 4. The average Bonchev–Trinajstić information content (AvgIpc) is 3.17. The Bertz CT molecular complexity index is 786. The predicted octanol–water partition coefficient (Wildman–Crippen LogP) is 1.33. The van der Waals surface area contributed by atoms with Gasteiger partial charge in [0.25, 0.3) is 5.91 Å². The van der Waals surface area contributed by atoms with Crippen LogP contribution in [0.5, 0.6) is 0 Å². The Labute approximate surface area is 143 Å². The molecular weight excluding hydrogens is 329 g/mol. The van der Waals surface area contributed by atoms with Gasteiger partial charge in [-0.2, -0.15) is 5.10 Å². The number of carboxylic acids is 1. The average molecular weight is 347 g/mol. The van der Waals surface area contributed by atoms with Gasteiger partial charge >= 0.3 is 5.97 Å². The molecule has 3 rings (SSSR count). The van der Waals surface area contributed by atoms with Crippen LogP contribution in [0, 0.1) is 5.82 Å². The molecule has 25 heavy (non-hydrogen) atoms. The number of amides is 1. The highest BCUT2D eigenvalue weighted by Crippen LogP contribution is 2.27. The summed E-state index contributed by atoms with van der Waals surface area (Å²) in [6.07, 6.45) is 2.53. The fourth-order valence-corrected chi connectivity index (χ4v) is 2.90. The van der Waals surface area contributed by atoms with Crippen LogP contribution in [0.4, 0.5) is 4.39 Å². The fraction of sp³-hybridized carbons (Fsp3) is 0.353. The van der Waals surface area contributed by atoms with Crippen molar-refractivity contribution in [1.29, 1.82) is 0 Å². The summed E-state index contributed by atoms with van der Waals surface area (Å²) in [6, 6.07) is 5.97. The number of benzene rings is 1. The Morgan fingerprint density at radius 2 is 2.04 bits per heavy atom. The summed E-state index contributed by atoms with van der Waals surface area (Å²) in [6.45, 7) is -0.0896. The Morgan fingerprint density at radius 1 is 1.28 bits per heavy atom. The first-order valence-corrected chi connectivity index (χ1v) is 8.00. The lowest BCUT2D eigenvalue weighted by Gasteiger charge is -2.05. The molecule has 0 fully saturated rings. The second-order valence-electron chi connectivity index (χ2n) is 5.72. The van der Waals surface area contributed by atoms with Gasteiger partial charge in [0.1, 0.15) is 12.4 Å². The van der Waals surface area contributed by atoms with Gasteiger partial charge in [0, 0.05) is 17.8 Å². The largest absolute Gasteiger partial charge is 0.480 e. The Morgan fingerprint density at radius 3 is 2.76 bits per heavy atom. The molecular formula is C17H18FN3O4. The van der Waals surface area contributed by atoms with E-state index in [1.165, 1.54) is 12.1 Å². The molecule has 1 aliphatic rings. The van der Waals surface area contributed by atoms with E-state index in [-0.39, 0.29) is 24.9 Å². The molecule has 7 nitrogen and oxygen atoms in total. The van der Waals surface area contributed by atoms with Crippen molar-refractivity contribution in [3.8, 4) is 5.69 Å². The van der Waals surface area contributed by atoms with Crippen molar-refractivity contribution in [3.63, 3.8) is 0 Å². The van der Waals surface area contributed by atoms with Gasteiger partial charge in [0.2, 0.25) is 0 Å². The summed E-state index contributed by atoms with van der Waals surface area (Å²) in [5, 5.41) is 15.6. The van der Waals surface area contributed by atoms with Crippen LogP contribution < -0.4 is 5.32 Å². The molecule has 0 aliphatic heterocycles. The van der Waals surface area contributed by atoms with Gasteiger partial charge in [-0.15, -0.1) is 0 Å². The van der Waals surface area contributed by atoms with Crippen molar-refractivity contribution in [1.82, 2.24) is 15.1 Å². The first kappa shape index (κ1) is 17.1. The predicted molar refractivity (Wildman–Crippen MR) is 86.3 cm³/mol. The van der Waals surface area contributed by atoms with Crippen LogP contribution in [0.25, 0.3) is 5.69 Å². The Hall–Kier alpha value is -2.74. The lowest BCUT2D eigenvalue weighted by molar-refractivity contribution is -0.142. The Kier molecular flexibility index (Phi) is 5.08. The number of carbonyl (C=O) groups excluding carboxylic acids is 1. The van der Waals surface area contributed by atoms with E-state index in [0.717, 1.165) is 30.5 Å². The number of halogens is 1. The van der Waals surface area contributed by atoms with Crippen LogP contribution in [-0.2, 0) is 22.4 Å². The van der Waals surface area contributed by atoms with Crippen LogP contribution in [0.2, 0.25) is 0 Å².